The highest BCUT2D eigenvalue weighted by atomic mass is 16.2. The van der Waals surface area contributed by atoms with Gasteiger partial charge in [-0.15, -0.1) is 0 Å². The molecule has 5 heteroatoms. The van der Waals surface area contributed by atoms with Crippen molar-refractivity contribution in [3.05, 3.63) is 96.2 Å². The Morgan fingerprint density at radius 2 is 1.56 bits per heavy atom. The molecule has 0 saturated heterocycles. The first-order valence-corrected chi connectivity index (χ1v) is 11.0. The summed E-state index contributed by atoms with van der Waals surface area (Å²) in [6.45, 7) is 2.13. The van der Waals surface area contributed by atoms with E-state index < -0.39 is 0 Å². The summed E-state index contributed by atoms with van der Waals surface area (Å²) in [4.78, 5) is 21.6. The van der Waals surface area contributed by atoms with Crippen molar-refractivity contribution in [1.29, 1.82) is 0 Å². The summed E-state index contributed by atoms with van der Waals surface area (Å²) < 4.78 is 0. The molecule has 32 heavy (non-hydrogen) atoms. The van der Waals surface area contributed by atoms with Crippen LogP contribution in [0.3, 0.4) is 0 Å². The van der Waals surface area contributed by atoms with Crippen LogP contribution in [0.1, 0.15) is 41.9 Å². The van der Waals surface area contributed by atoms with Crippen molar-refractivity contribution < 1.29 is 4.79 Å². The third-order valence-electron chi connectivity index (χ3n) is 5.51. The summed E-state index contributed by atoms with van der Waals surface area (Å²) in [5, 5.41) is 6.35. The smallest absolute Gasteiger partial charge is 0.270 e. The van der Waals surface area contributed by atoms with Gasteiger partial charge in [-0.3, -0.25) is 4.79 Å². The Hall–Kier alpha value is -3.86. The van der Waals surface area contributed by atoms with E-state index in [9.17, 15) is 4.79 Å². The number of hydrogen-bond donors (Lipinski definition) is 3. The van der Waals surface area contributed by atoms with Crippen LogP contribution in [-0.2, 0) is 0 Å². The normalized spacial score (nSPS) is 11.7. The van der Waals surface area contributed by atoms with Gasteiger partial charge in [0.2, 0.25) is 0 Å². The Labute approximate surface area is 188 Å². The van der Waals surface area contributed by atoms with Crippen molar-refractivity contribution in [1.82, 2.24) is 15.3 Å². The van der Waals surface area contributed by atoms with Gasteiger partial charge in [-0.25, -0.2) is 4.98 Å². The molecule has 1 heterocycles. The lowest BCUT2D eigenvalue weighted by Gasteiger charge is -2.18. The zero-order valence-electron chi connectivity index (χ0n) is 18.4. The number of aromatic amines is 1. The summed E-state index contributed by atoms with van der Waals surface area (Å²) in [7, 11) is 1.88. The maximum atomic E-state index is 13.5. The molecule has 0 aliphatic carbocycles. The molecular formula is C27H28N4O. The second-order valence-corrected chi connectivity index (χ2v) is 7.73. The van der Waals surface area contributed by atoms with Crippen LogP contribution in [0.15, 0.2) is 84.9 Å². The number of hydrogen-bond acceptors (Lipinski definition) is 3. The number of carbonyl (C=O) groups is 1. The number of benzene rings is 3. The van der Waals surface area contributed by atoms with Crippen molar-refractivity contribution in [2.45, 2.75) is 25.8 Å². The Bertz CT molecular complexity index is 1150. The van der Waals surface area contributed by atoms with Crippen molar-refractivity contribution in [3.63, 3.8) is 0 Å². The highest BCUT2D eigenvalue weighted by Gasteiger charge is 2.22. The number of amides is 1. The van der Waals surface area contributed by atoms with Crippen LogP contribution in [0.4, 0.5) is 5.69 Å². The second-order valence-electron chi connectivity index (χ2n) is 7.73. The SMILES string of the molecule is CCCC(NC(=O)c1[nH]c(-c2ccccc2)nc1-c1ccc(NC)cc1)c1ccccc1. The average molecular weight is 425 g/mol. The molecule has 1 amide bonds. The predicted octanol–water partition coefficient (Wildman–Crippen LogP) is 6.06. The summed E-state index contributed by atoms with van der Waals surface area (Å²) in [5.41, 5.74) is 5.05. The van der Waals surface area contributed by atoms with E-state index in [-0.39, 0.29) is 11.9 Å². The minimum atomic E-state index is -0.158. The van der Waals surface area contributed by atoms with Gasteiger partial charge < -0.3 is 15.6 Å². The standard InChI is InChI=1S/C27H28N4O/c1-3-10-23(19-11-6-4-7-12-19)29-27(32)25-24(20-15-17-22(28-2)18-16-20)30-26(31-25)21-13-8-5-9-14-21/h4-9,11-18,23,28H,3,10H2,1-2H3,(H,29,32)(H,30,31). The molecule has 1 unspecified atom stereocenters. The molecule has 1 aromatic heterocycles. The molecule has 3 aromatic carbocycles. The van der Waals surface area contributed by atoms with E-state index in [0.717, 1.165) is 35.2 Å². The molecule has 162 valence electrons. The second kappa shape index (κ2) is 9.96. The van der Waals surface area contributed by atoms with Crippen LogP contribution < -0.4 is 10.6 Å². The van der Waals surface area contributed by atoms with Gasteiger partial charge in [-0.05, 0) is 24.1 Å². The Balaban J connectivity index is 1.72. The van der Waals surface area contributed by atoms with Crippen LogP contribution in [0.25, 0.3) is 22.6 Å². The van der Waals surface area contributed by atoms with Crippen molar-refractivity contribution in [2.24, 2.45) is 0 Å². The largest absolute Gasteiger partial charge is 0.388 e. The van der Waals surface area contributed by atoms with E-state index in [1.165, 1.54) is 0 Å². The Kier molecular flexibility index (Phi) is 6.66. The van der Waals surface area contributed by atoms with Crippen LogP contribution in [-0.4, -0.2) is 22.9 Å². The fourth-order valence-corrected chi connectivity index (χ4v) is 3.80. The monoisotopic (exact) mass is 424 g/mol. The van der Waals surface area contributed by atoms with Gasteiger partial charge in [0.25, 0.3) is 5.91 Å². The highest BCUT2D eigenvalue weighted by Crippen LogP contribution is 2.28. The van der Waals surface area contributed by atoms with Crippen molar-refractivity contribution >= 4 is 11.6 Å². The van der Waals surface area contributed by atoms with Gasteiger partial charge >= 0.3 is 0 Å². The molecule has 0 bridgehead atoms. The number of anilines is 1. The zero-order chi connectivity index (χ0) is 22.3. The van der Waals surface area contributed by atoms with Gasteiger partial charge in [0.05, 0.1) is 6.04 Å². The number of aromatic nitrogens is 2. The lowest BCUT2D eigenvalue weighted by atomic mass is 10.0. The van der Waals surface area contributed by atoms with Gasteiger partial charge in [0.15, 0.2) is 0 Å². The molecule has 0 aliphatic rings. The van der Waals surface area contributed by atoms with E-state index in [0.29, 0.717) is 17.2 Å². The molecule has 0 spiro atoms. The molecule has 0 saturated carbocycles. The molecular weight excluding hydrogens is 396 g/mol. The first kappa shape index (κ1) is 21.4. The first-order chi connectivity index (χ1) is 15.7. The average Bonchev–Trinajstić information content (AvgIpc) is 3.31. The minimum absolute atomic E-state index is 0.0586. The van der Waals surface area contributed by atoms with E-state index in [1.807, 2.05) is 79.8 Å². The molecule has 4 rings (SSSR count). The highest BCUT2D eigenvalue weighted by molar-refractivity contribution is 5.99. The number of nitrogens with one attached hydrogen (secondary N) is 3. The number of nitrogens with zero attached hydrogens (tertiary/aromatic N) is 1. The molecule has 0 fully saturated rings. The maximum Gasteiger partial charge on any atom is 0.270 e. The lowest BCUT2D eigenvalue weighted by Crippen LogP contribution is -2.29. The number of rotatable bonds is 8. The van der Waals surface area contributed by atoms with E-state index in [1.54, 1.807) is 0 Å². The van der Waals surface area contributed by atoms with Gasteiger partial charge in [0.1, 0.15) is 17.2 Å². The third kappa shape index (κ3) is 4.72. The van der Waals surface area contributed by atoms with Gasteiger partial charge in [-0.2, -0.15) is 0 Å². The van der Waals surface area contributed by atoms with Crippen molar-refractivity contribution in [3.8, 4) is 22.6 Å². The van der Waals surface area contributed by atoms with Gasteiger partial charge in [-0.1, -0.05) is 86.1 Å². The summed E-state index contributed by atoms with van der Waals surface area (Å²) >= 11 is 0. The number of imidazole rings is 1. The van der Waals surface area contributed by atoms with E-state index in [4.69, 9.17) is 4.98 Å². The third-order valence-corrected chi connectivity index (χ3v) is 5.51. The Morgan fingerprint density at radius 3 is 2.19 bits per heavy atom. The number of H-pyrrole nitrogens is 1. The molecule has 5 nitrogen and oxygen atoms in total. The van der Waals surface area contributed by atoms with E-state index >= 15 is 0 Å². The molecule has 0 radical (unpaired) electrons. The first-order valence-electron chi connectivity index (χ1n) is 11.0. The molecule has 0 aliphatic heterocycles. The Morgan fingerprint density at radius 1 is 0.906 bits per heavy atom. The number of carbonyl (C=O) groups excluding carboxylic acids is 1. The molecule has 4 aromatic rings. The maximum absolute atomic E-state index is 13.5. The topological polar surface area (TPSA) is 69.8 Å². The fraction of sp³-hybridized carbons (Fsp3) is 0.185. The molecule has 3 N–H and O–H groups in total. The summed E-state index contributed by atoms with van der Waals surface area (Å²) in [6.07, 6.45) is 1.83. The van der Waals surface area contributed by atoms with Crippen LogP contribution in [0, 0.1) is 0 Å². The minimum Gasteiger partial charge on any atom is -0.388 e. The van der Waals surface area contributed by atoms with Crippen LogP contribution in [0.2, 0.25) is 0 Å². The molecule has 1 atom stereocenters. The fourth-order valence-electron chi connectivity index (χ4n) is 3.80. The summed E-state index contributed by atoms with van der Waals surface area (Å²) in [5.74, 6) is 0.518. The zero-order valence-corrected chi connectivity index (χ0v) is 18.4. The van der Waals surface area contributed by atoms with E-state index in [2.05, 4.69) is 34.7 Å². The van der Waals surface area contributed by atoms with Crippen LogP contribution >= 0.6 is 0 Å². The lowest BCUT2D eigenvalue weighted by molar-refractivity contribution is 0.0930. The quantitative estimate of drug-likeness (QED) is 0.322. The van der Waals surface area contributed by atoms with Gasteiger partial charge in [0, 0.05) is 23.9 Å². The van der Waals surface area contributed by atoms with Crippen molar-refractivity contribution in [2.75, 3.05) is 12.4 Å². The van der Waals surface area contributed by atoms with Crippen LogP contribution in [0.5, 0.6) is 0 Å². The summed E-state index contributed by atoms with van der Waals surface area (Å²) in [6, 6.07) is 27.8. The predicted molar refractivity (Wildman–Crippen MR) is 131 cm³/mol.